The van der Waals surface area contributed by atoms with E-state index in [2.05, 4.69) is 26.1 Å². The number of rotatable bonds is 0. The first-order valence-electron chi connectivity index (χ1n) is 4.74. The molecular formula is C10H20N. The molecule has 1 aliphatic rings. The van der Waals surface area contributed by atoms with Crippen LogP contribution in [0.4, 0.5) is 0 Å². The van der Waals surface area contributed by atoms with Crippen LogP contribution in [0, 0.1) is 11.3 Å². The van der Waals surface area contributed by atoms with Crippen molar-refractivity contribution >= 4 is 0 Å². The van der Waals surface area contributed by atoms with Crippen molar-refractivity contribution in [2.75, 3.05) is 13.1 Å². The molecule has 0 amide bonds. The van der Waals surface area contributed by atoms with Crippen molar-refractivity contribution in [2.24, 2.45) is 11.3 Å². The maximum atomic E-state index is 4.43. The van der Waals surface area contributed by atoms with Crippen LogP contribution in [0.5, 0.6) is 0 Å². The summed E-state index contributed by atoms with van der Waals surface area (Å²) < 4.78 is 0. The van der Waals surface area contributed by atoms with E-state index in [0.717, 1.165) is 19.0 Å². The van der Waals surface area contributed by atoms with Crippen molar-refractivity contribution in [1.82, 2.24) is 5.32 Å². The molecular weight excluding hydrogens is 134 g/mol. The Labute approximate surface area is 70.6 Å². The second-order valence-electron chi connectivity index (χ2n) is 4.66. The summed E-state index contributed by atoms with van der Waals surface area (Å²) in [7, 11) is 0. The van der Waals surface area contributed by atoms with Gasteiger partial charge in [0.25, 0.3) is 0 Å². The zero-order valence-electron chi connectivity index (χ0n) is 8.06. The molecule has 0 aliphatic carbocycles. The average molecular weight is 154 g/mol. The first kappa shape index (κ1) is 9.05. The monoisotopic (exact) mass is 154 g/mol. The minimum Gasteiger partial charge on any atom is -0.242 e. The van der Waals surface area contributed by atoms with E-state index >= 15 is 0 Å². The summed E-state index contributed by atoms with van der Waals surface area (Å²) in [6.07, 6.45) is 4.00. The van der Waals surface area contributed by atoms with Gasteiger partial charge in [-0.3, -0.25) is 0 Å². The summed E-state index contributed by atoms with van der Waals surface area (Å²) in [6, 6.07) is 0. The lowest BCUT2D eigenvalue weighted by molar-refractivity contribution is 0.219. The van der Waals surface area contributed by atoms with Gasteiger partial charge in [0.1, 0.15) is 0 Å². The van der Waals surface area contributed by atoms with E-state index in [1.54, 1.807) is 0 Å². The Bertz CT molecular complexity index is 105. The second kappa shape index (κ2) is 3.57. The minimum atomic E-state index is 0.500. The third-order valence-corrected chi connectivity index (χ3v) is 2.73. The van der Waals surface area contributed by atoms with Crippen LogP contribution in [0.25, 0.3) is 0 Å². The molecule has 0 aromatic rings. The van der Waals surface area contributed by atoms with Gasteiger partial charge in [0.15, 0.2) is 0 Å². The summed E-state index contributed by atoms with van der Waals surface area (Å²) >= 11 is 0. The van der Waals surface area contributed by atoms with Gasteiger partial charge in [-0.1, -0.05) is 20.8 Å². The molecule has 0 N–H and O–H groups in total. The van der Waals surface area contributed by atoms with E-state index in [1.807, 2.05) is 0 Å². The summed E-state index contributed by atoms with van der Waals surface area (Å²) in [5.41, 5.74) is 0.500. The van der Waals surface area contributed by atoms with Crippen LogP contribution in [0.15, 0.2) is 0 Å². The summed E-state index contributed by atoms with van der Waals surface area (Å²) in [5, 5.41) is 4.43. The molecule has 1 heteroatoms. The highest BCUT2D eigenvalue weighted by Gasteiger charge is 2.24. The number of hydrogen-bond acceptors (Lipinski definition) is 0. The topological polar surface area (TPSA) is 14.1 Å². The maximum Gasteiger partial charge on any atom is 0.0136 e. The fourth-order valence-electron chi connectivity index (χ4n) is 1.82. The van der Waals surface area contributed by atoms with Gasteiger partial charge in [0.05, 0.1) is 0 Å². The van der Waals surface area contributed by atoms with Crippen LogP contribution in [-0.2, 0) is 0 Å². The van der Waals surface area contributed by atoms with Crippen LogP contribution in [0.2, 0.25) is 0 Å². The lowest BCUT2D eigenvalue weighted by atomic mass is 9.77. The van der Waals surface area contributed by atoms with Crippen molar-refractivity contribution < 1.29 is 0 Å². The molecule has 1 fully saturated rings. The van der Waals surface area contributed by atoms with E-state index in [1.165, 1.54) is 19.3 Å². The highest BCUT2D eigenvalue weighted by Crippen LogP contribution is 2.32. The third-order valence-electron chi connectivity index (χ3n) is 2.73. The van der Waals surface area contributed by atoms with Crippen molar-refractivity contribution in [1.29, 1.82) is 0 Å². The highest BCUT2D eigenvalue weighted by atomic mass is 14.9. The van der Waals surface area contributed by atoms with Gasteiger partial charge in [-0.2, -0.15) is 0 Å². The Morgan fingerprint density at radius 3 is 2.45 bits per heavy atom. The zero-order chi connectivity index (χ0) is 8.32. The molecule has 0 aromatic carbocycles. The molecule has 1 atom stereocenters. The largest absolute Gasteiger partial charge is 0.242 e. The molecule has 0 aromatic heterocycles. The SMILES string of the molecule is CC(C)(C)C1CCC[N]CC1. The molecule has 65 valence electrons. The first-order chi connectivity index (χ1) is 5.11. The van der Waals surface area contributed by atoms with Crippen LogP contribution in [0.3, 0.4) is 0 Å². The molecule has 1 rings (SSSR count). The third kappa shape index (κ3) is 2.82. The van der Waals surface area contributed by atoms with Gasteiger partial charge >= 0.3 is 0 Å². The van der Waals surface area contributed by atoms with Gasteiger partial charge in [0, 0.05) is 13.1 Å². The van der Waals surface area contributed by atoms with Gasteiger partial charge in [0.2, 0.25) is 0 Å². The predicted molar refractivity (Wildman–Crippen MR) is 48.7 cm³/mol. The van der Waals surface area contributed by atoms with E-state index in [0.29, 0.717) is 5.41 Å². The van der Waals surface area contributed by atoms with Gasteiger partial charge < -0.3 is 0 Å². The molecule has 1 heterocycles. The lowest BCUT2D eigenvalue weighted by Gasteiger charge is -2.29. The standard InChI is InChI=1S/C10H20N/c1-10(2,3)9-5-4-7-11-8-6-9/h9H,4-8H2,1-3H3. The summed E-state index contributed by atoms with van der Waals surface area (Å²) in [6.45, 7) is 9.25. The van der Waals surface area contributed by atoms with Crippen LogP contribution in [-0.4, -0.2) is 13.1 Å². The fourth-order valence-corrected chi connectivity index (χ4v) is 1.82. The predicted octanol–water partition coefficient (Wildman–Crippen LogP) is 2.44. The van der Waals surface area contributed by atoms with Crippen molar-refractivity contribution in [3.05, 3.63) is 0 Å². The highest BCUT2D eigenvalue weighted by molar-refractivity contribution is 4.76. The van der Waals surface area contributed by atoms with Crippen LogP contribution in [0.1, 0.15) is 40.0 Å². The zero-order valence-corrected chi connectivity index (χ0v) is 8.06. The molecule has 11 heavy (non-hydrogen) atoms. The smallest absolute Gasteiger partial charge is 0.0136 e. The fraction of sp³-hybridized carbons (Fsp3) is 1.00. The quantitative estimate of drug-likeness (QED) is 0.509. The first-order valence-corrected chi connectivity index (χ1v) is 4.74. The van der Waals surface area contributed by atoms with Crippen molar-refractivity contribution in [3.63, 3.8) is 0 Å². The van der Waals surface area contributed by atoms with Gasteiger partial charge in [-0.15, -0.1) is 0 Å². The Hall–Kier alpha value is -0.0400. The molecule has 1 nitrogen and oxygen atoms in total. The number of nitrogens with zero attached hydrogens (tertiary/aromatic N) is 1. The van der Waals surface area contributed by atoms with Crippen molar-refractivity contribution in [2.45, 2.75) is 40.0 Å². The Kier molecular flexibility index (Phi) is 2.94. The number of hydrogen-bond donors (Lipinski definition) is 0. The lowest BCUT2D eigenvalue weighted by Crippen LogP contribution is -2.20. The Balaban J connectivity index is 2.43. The van der Waals surface area contributed by atoms with Gasteiger partial charge in [-0.05, 0) is 30.6 Å². The van der Waals surface area contributed by atoms with Crippen molar-refractivity contribution in [3.8, 4) is 0 Å². The van der Waals surface area contributed by atoms with Crippen LogP contribution >= 0.6 is 0 Å². The Morgan fingerprint density at radius 2 is 1.82 bits per heavy atom. The van der Waals surface area contributed by atoms with E-state index in [4.69, 9.17) is 0 Å². The normalized spacial score (nSPS) is 28.1. The summed E-state index contributed by atoms with van der Waals surface area (Å²) in [4.78, 5) is 0. The molecule has 1 radical (unpaired) electrons. The van der Waals surface area contributed by atoms with E-state index < -0.39 is 0 Å². The van der Waals surface area contributed by atoms with Gasteiger partial charge in [-0.25, -0.2) is 5.32 Å². The molecule has 0 spiro atoms. The van der Waals surface area contributed by atoms with E-state index in [9.17, 15) is 0 Å². The molecule has 1 saturated heterocycles. The second-order valence-corrected chi connectivity index (χ2v) is 4.66. The minimum absolute atomic E-state index is 0.500. The average Bonchev–Trinajstić information content (AvgIpc) is 2.10. The van der Waals surface area contributed by atoms with Crippen LogP contribution < -0.4 is 5.32 Å². The molecule has 0 bridgehead atoms. The Morgan fingerprint density at radius 1 is 1.09 bits per heavy atom. The molecule has 1 aliphatic heterocycles. The molecule has 0 saturated carbocycles. The van der Waals surface area contributed by atoms with E-state index in [-0.39, 0.29) is 0 Å². The summed E-state index contributed by atoms with van der Waals surface area (Å²) in [5.74, 6) is 0.897. The maximum absolute atomic E-state index is 4.43. The molecule has 1 unspecified atom stereocenters.